The van der Waals surface area contributed by atoms with Gasteiger partial charge in [-0.1, -0.05) is 86.3 Å². The van der Waals surface area contributed by atoms with Gasteiger partial charge < -0.3 is 0 Å². The van der Waals surface area contributed by atoms with Crippen LogP contribution in [-0.2, 0) is 0 Å². The molecule has 0 spiro atoms. The van der Waals surface area contributed by atoms with Gasteiger partial charge in [-0.3, -0.25) is 0 Å². The van der Waals surface area contributed by atoms with Crippen LogP contribution >= 0.6 is 0 Å². The molecule has 32 heavy (non-hydrogen) atoms. The van der Waals surface area contributed by atoms with Gasteiger partial charge in [0.05, 0.1) is 0 Å². The minimum absolute atomic E-state index is 0.660. The first-order valence-corrected chi connectivity index (χ1v) is 14.8. The van der Waals surface area contributed by atoms with E-state index in [2.05, 4.69) is 61.5 Å². The predicted molar refractivity (Wildman–Crippen MR) is 141 cm³/mol. The van der Waals surface area contributed by atoms with Crippen molar-refractivity contribution in [3.63, 3.8) is 0 Å². The van der Waals surface area contributed by atoms with Gasteiger partial charge in [0.2, 0.25) is 0 Å². The first-order valence-electron chi connectivity index (χ1n) is 14.8. The standard InChI is InChI=1S/C32H56/c1-9-11-15-32(8)23(6)29(32)18-28-27(12-10-2)30(28)25(16-21(3)4)17-22(5)24-13-14-26-20-31(26,7)19-24/h17,21-24,26-30H,9-16,18-20H2,1-8H3. The fraction of sp³-hybridized carbons (Fsp3) is 0.938. The van der Waals surface area contributed by atoms with Crippen molar-refractivity contribution in [2.45, 2.75) is 126 Å². The Morgan fingerprint density at radius 2 is 1.75 bits per heavy atom. The molecule has 184 valence electrons. The van der Waals surface area contributed by atoms with Crippen LogP contribution in [-0.4, -0.2) is 0 Å². The summed E-state index contributed by atoms with van der Waals surface area (Å²) in [4.78, 5) is 0. The minimum atomic E-state index is 0.660. The number of hydrogen-bond donors (Lipinski definition) is 0. The molecule has 0 amide bonds. The molecule has 0 nitrogen and oxygen atoms in total. The quantitative estimate of drug-likeness (QED) is 0.265. The van der Waals surface area contributed by atoms with Crippen LogP contribution in [0.3, 0.4) is 0 Å². The maximum atomic E-state index is 2.84. The van der Waals surface area contributed by atoms with Crippen LogP contribution in [0.1, 0.15) is 126 Å². The Balaban J connectivity index is 1.44. The fourth-order valence-corrected chi connectivity index (χ4v) is 8.72. The minimum Gasteiger partial charge on any atom is -0.0819 e. The SMILES string of the molecule is CCCCC1(C)C(C)C1CC1C(CCC)C1C(=CC(C)C1CCC2CC2(C)C1)CC(C)C. The number of hydrogen-bond acceptors (Lipinski definition) is 0. The Hall–Kier alpha value is -0.260. The lowest BCUT2D eigenvalue weighted by Gasteiger charge is -2.30. The summed E-state index contributed by atoms with van der Waals surface area (Å²) in [6.07, 6.45) is 18.9. The van der Waals surface area contributed by atoms with Crippen molar-refractivity contribution >= 4 is 0 Å². The van der Waals surface area contributed by atoms with Crippen molar-refractivity contribution in [1.29, 1.82) is 0 Å². The van der Waals surface area contributed by atoms with Crippen LogP contribution in [0, 0.1) is 64.1 Å². The van der Waals surface area contributed by atoms with Crippen molar-refractivity contribution < 1.29 is 0 Å². The number of rotatable bonds is 12. The maximum absolute atomic E-state index is 2.84. The normalized spacial score (nSPS) is 46.2. The van der Waals surface area contributed by atoms with Gasteiger partial charge in [0.25, 0.3) is 0 Å². The Bertz CT molecular complexity index is 672. The summed E-state index contributed by atoms with van der Waals surface area (Å²) in [5.41, 5.74) is 3.27. The molecule has 0 aromatic rings. The van der Waals surface area contributed by atoms with Gasteiger partial charge in [0.1, 0.15) is 0 Å². The third-order valence-electron chi connectivity index (χ3n) is 11.4. The summed E-state index contributed by atoms with van der Waals surface area (Å²) < 4.78 is 0. The van der Waals surface area contributed by atoms with Gasteiger partial charge in [-0.15, -0.1) is 0 Å². The Labute approximate surface area is 201 Å². The molecule has 4 aliphatic rings. The first-order chi connectivity index (χ1) is 15.1. The first kappa shape index (κ1) is 24.9. The molecule has 0 heteroatoms. The zero-order chi connectivity index (χ0) is 23.3. The third-order valence-corrected chi connectivity index (χ3v) is 11.4. The molecule has 0 bridgehead atoms. The van der Waals surface area contributed by atoms with Gasteiger partial charge in [0.15, 0.2) is 0 Å². The Morgan fingerprint density at radius 3 is 2.38 bits per heavy atom. The van der Waals surface area contributed by atoms with E-state index in [0.29, 0.717) is 5.41 Å². The van der Waals surface area contributed by atoms with E-state index in [1.54, 1.807) is 0 Å². The van der Waals surface area contributed by atoms with Gasteiger partial charge in [-0.2, -0.15) is 0 Å². The molecule has 4 aliphatic carbocycles. The number of unbranched alkanes of at least 4 members (excludes halogenated alkanes) is 1. The van der Waals surface area contributed by atoms with Gasteiger partial charge in [-0.05, 0) is 115 Å². The largest absolute Gasteiger partial charge is 0.0819 e. The summed E-state index contributed by atoms with van der Waals surface area (Å²) in [5, 5.41) is 0. The summed E-state index contributed by atoms with van der Waals surface area (Å²) >= 11 is 0. The summed E-state index contributed by atoms with van der Waals surface area (Å²) in [6.45, 7) is 20.0. The van der Waals surface area contributed by atoms with E-state index in [-0.39, 0.29) is 0 Å². The van der Waals surface area contributed by atoms with Crippen LogP contribution < -0.4 is 0 Å². The van der Waals surface area contributed by atoms with Crippen molar-refractivity contribution in [2.75, 3.05) is 0 Å². The molecule has 0 aromatic heterocycles. The lowest BCUT2D eigenvalue weighted by atomic mass is 9.75. The second kappa shape index (κ2) is 9.41. The van der Waals surface area contributed by atoms with Crippen LogP contribution in [0.15, 0.2) is 11.6 Å². The molecular formula is C32H56. The molecule has 0 heterocycles. The molecule has 4 fully saturated rings. The second-order valence-electron chi connectivity index (χ2n) is 14.2. The van der Waals surface area contributed by atoms with Gasteiger partial charge in [-0.25, -0.2) is 0 Å². The molecule has 0 N–H and O–H groups in total. The van der Waals surface area contributed by atoms with E-state index in [0.717, 1.165) is 58.7 Å². The molecule has 4 saturated carbocycles. The lowest BCUT2D eigenvalue weighted by molar-refractivity contribution is 0.229. The summed E-state index contributed by atoms with van der Waals surface area (Å²) in [7, 11) is 0. The average molecular weight is 441 g/mol. The smallest absolute Gasteiger partial charge is 0.0140 e. The van der Waals surface area contributed by atoms with Crippen LogP contribution in [0.4, 0.5) is 0 Å². The van der Waals surface area contributed by atoms with Crippen LogP contribution in [0.2, 0.25) is 0 Å². The van der Waals surface area contributed by atoms with Gasteiger partial charge >= 0.3 is 0 Å². The van der Waals surface area contributed by atoms with E-state index < -0.39 is 0 Å². The van der Waals surface area contributed by atoms with Crippen LogP contribution in [0.5, 0.6) is 0 Å². The number of fused-ring (bicyclic) bond motifs is 1. The highest BCUT2D eigenvalue weighted by atomic mass is 14.7. The van der Waals surface area contributed by atoms with Crippen molar-refractivity contribution in [1.82, 2.24) is 0 Å². The second-order valence-corrected chi connectivity index (χ2v) is 14.2. The fourth-order valence-electron chi connectivity index (χ4n) is 8.72. The monoisotopic (exact) mass is 440 g/mol. The van der Waals surface area contributed by atoms with Crippen molar-refractivity contribution in [3.05, 3.63) is 11.6 Å². The van der Waals surface area contributed by atoms with Crippen molar-refractivity contribution in [3.8, 4) is 0 Å². The molecule has 4 rings (SSSR count). The number of allylic oxidation sites excluding steroid dienone is 2. The van der Waals surface area contributed by atoms with Crippen LogP contribution in [0.25, 0.3) is 0 Å². The van der Waals surface area contributed by atoms with E-state index in [1.807, 2.05) is 5.57 Å². The van der Waals surface area contributed by atoms with Gasteiger partial charge in [0, 0.05) is 0 Å². The molecule has 0 radical (unpaired) electrons. The summed E-state index contributed by atoms with van der Waals surface area (Å²) in [6, 6.07) is 0. The van der Waals surface area contributed by atoms with Crippen molar-refractivity contribution in [2.24, 2.45) is 64.1 Å². The van der Waals surface area contributed by atoms with E-state index >= 15 is 0 Å². The Morgan fingerprint density at radius 1 is 1.00 bits per heavy atom. The lowest BCUT2D eigenvalue weighted by Crippen LogP contribution is -2.20. The predicted octanol–water partition coefficient (Wildman–Crippen LogP) is 9.94. The molecule has 0 aliphatic heterocycles. The maximum Gasteiger partial charge on any atom is -0.0140 e. The van der Waals surface area contributed by atoms with E-state index in [9.17, 15) is 0 Å². The highest BCUT2D eigenvalue weighted by Gasteiger charge is 2.61. The zero-order valence-electron chi connectivity index (χ0n) is 23.1. The van der Waals surface area contributed by atoms with E-state index in [4.69, 9.17) is 0 Å². The van der Waals surface area contributed by atoms with E-state index in [1.165, 1.54) is 70.6 Å². The highest BCUT2D eigenvalue weighted by Crippen LogP contribution is 2.69. The Kier molecular flexibility index (Phi) is 7.31. The topological polar surface area (TPSA) is 0 Å². The zero-order valence-corrected chi connectivity index (χ0v) is 23.1. The average Bonchev–Trinajstić information content (AvgIpc) is 3.66. The molecule has 0 aromatic carbocycles. The highest BCUT2D eigenvalue weighted by molar-refractivity contribution is 5.23. The summed E-state index contributed by atoms with van der Waals surface area (Å²) in [5.74, 6) is 8.50. The molecule has 10 atom stereocenters. The molecular weight excluding hydrogens is 384 g/mol. The molecule has 10 unspecified atom stereocenters. The molecule has 0 saturated heterocycles. The third kappa shape index (κ3) is 4.91.